The van der Waals surface area contributed by atoms with Crippen molar-refractivity contribution in [1.82, 2.24) is 0 Å². The van der Waals surface area contributed by atoms with Crippen LogP contribution in [0.4, 0.5) is 0 Å². The van der Waals surface area contributed by atoms with Crippen LogP contribution in [0.1, 0.15) is 13.8 Å². The first-order valence-corrected chi connectivity index (χ1v) is 11.9. The first-order chi connectivity index (χ1) is 12.1. The van der Waals surface area contributed by atoms with Gasteiger partial charge in [-0.2, -0.15) is 0 Å². The molecule has 3 aromatic rings. The molecule has 3 aromatic carbocycles. The molecule has 0 saturated heterocycles. The van der Waals surface area contributed by atoms with Gasteiger partial charge in [0, 0.05) is 0 Å². The fourth-order valence-corrected chi connectivity index (χ4v) is 9.17. The minimum atomic E-state index is -3.10. The molecular formula is C23H24ClP. The van der Waals surface area contributed by atoms with Crippen molar-refractivity contribution in [2.24, 2.45) is 0 Å². The average Bonchev–Trinajstić information content (AvgIpc) is 2.68. The Kier molecular flexibility index (Phi) is 5.13. The Balaban J connectivity index is 2.42. The molecule has 2 heteroatoms. The number of halogens is 1. The van der Waals surface area contributed by atoms with Gasteiger partial charge >= 0.3 is 156 Å². The molecule has 25 heavy (non-hydrogen) atoms. The molecule has 0 spiro atoms. The molecule has 0 aliphatic heterocycles. The van der Waals surface area contributed by atoms with E-state index in [0.29, 0.717) is 0 Å². The summed E-state index contributed by atoms with van der Waals surface area (Å²) in [6.07, 6.45) is 3.10. The molecule has 0 N–H and O–H groups in total. The quantitative estimate of drug-likeness (QED) is 0.405. The van der Waals surface area contributed by atoms with Gasteiger partial charge in [0.25, 0.3) is 0 Å². The summed E-state index contributed by atoms with van der Waals surface area (Å²) < 4.78 is 0. The van der Waals surface area contributed by atoms with E-state index in [0.717, 1.165) is 6.16 Å². The number of hydrogen-bond acceptors (Lipinski definition) is 0. The standard InChI is InChI=1S/C23H24ClP/c1-20(2)18-19-25(24,21-12-6-3-7-13-21,22-14-8-4-9-15-22)23-16-10-5-11-17-23/h3-18H,19H2,1-2H3. The van der Waals surface area contributed by atoms with Gasteiger partial charge in [0.15, 0.2) is 0 Å². The normalized spacial score (nSPS) is 12.8. The number of rotatable bonds is 5. The molecule has 0 amide bonds. The van der Waals surface area contributed by atoms with E-state index in [9.17, 15) is 0 Å². The van der Waals surface area contributed by atoms with Crippen LogP contribution in [0.15, 0.2) is 103 Å². The molecule has 3 rings (SSSR count). The van der Waals surface area contributed by atoms with Gasteiger partial charge in [-0.05, 0) is 0 Å². The fourth-order valence-electron chi connectivity index (χ4n) is 3.33. The summed E-state index contributed by atoms with van der Waals surface area (Å²) in [7, 11) is 0. The van der Waals surface area contributed by atoms with Gasteiger partial charge in [-0.15, -0.1) is 0 Å². The Morgan fingerprint density at radius 1 is 0.680 bits per heavy atom. The zero-order valence-electron chi connectivity index (χ0n) is 14.8. The fraction of sp³-hybridized carbons (Fsp3) is 0.130. The second-order valence-electron chi connectivity index (χ2n) is 6.65. The van der Waals surface area contributed by atoms with Crippen molar-refractivity contribution in [1.29, 1.82) is 0 Å². The van der Waals surface area contributed by atoms with Crippen LogP contribution in [0.2, 0.25) is 0 Å². The second-order valence-corrected chi connectivity index (χ2v) is 13.2. The molecule has 0 aliphatic carbocycles. The predicted octanol–water partition coefficient (Wildman–Crippen LogP) is 5.64. The first-order valence-electron chi connectivity index (χ1n) is 8.59. The van der Waals surface area contributed by atoms with E-state index in [-0.39, 0.29) is 0 Å². The van der Waals surface area contributed by atoms with E-state index in [1.54, 1.807) is 0 Å². The van der Waals surface area contributed by atoms with Crippen LogP contribution >= 0.6 is 17.2 Å². The van der Waals surface area contributed by atoms with E-state index in [4.69, 9.17) is 11.2 Å². The van der Waals surface area contributed by atoms with Gasteiger partial charge in [0.2, 0.25) is 0 Å². The third-order valence-corrected chi connectivity index (χ3v) is 11.9. The molecule has 0 saturated carbocycles. The molecule has 128 valence electrons. The zero-order chi connectivity index (χ0) is 17.8. The van der Waals surface area contributed by atoms with E-state index in [2.05, 4.69) is 111 Å². The summed E-state index contributed by atoms with van der Waals surface area (Å²) in [4.78, 5) is 0. The topological polar surface area (TPSA) is 0 Å². The van der Waals surface area contributed by atoms with Crippen molar-refractivity contribution < 1.29 is 0 Å². The van der Waals surface area contributed by atoms with E-state index < -0.39 is 5.96 Å². The molecule has 0 heterocycles. The summed E-state index contributed by atoms with van der Waals surface area (Å²) in [5, 5.41) is 3.64. The molecular weight excluding hydrogens is 343 g/mol. The van der Waals surface area contributed by atoms with Gasteiger partial charge in [-0.1, -0.05) is 0 Å². The van der Waals surface area contributed by atoms with Crippen LogP contribution in [0.5, 0.6) is 0 Å². The zero-order valence-corrected chi connectivity index (χ0v) is 16.4. The van der Waals surface area contributed by atoms with Crippen molar-refractivity contribution in [3.63, 3.8) is 0 Å². The Labute approximate surface area is 155 Å². The van der Waals surface area contributed by atoms with E-state index in [1.807, 2.05) is 0 Å². The third kappa shape index (κ3) is 3.17. The van der Waals surface area contributed by atoms with Gasteiger partial charge in [0.05, 0.1) is 0 Å². The average molecular weight is 367 g/mol. The van der Waals surface area contributed by atoms with E-state index in [1.165, 1.54) is 21.5 Å². The molecule has 0 atom stereocenters. The summed E-state index contributed by atoms with van der Waals surface area (Å²) in [6.45, 7) is 4.28. The van der Waals surface area contributed by atoms with Crippen molar-refractivity contribution in [2.45, 2.75) is 13.8 Å². The maximum atomic E-state index is 7.90. The Morgan fingerprint density at radius 3 is 1.28 bits per heavy atom. The van der Waals surface area contributed by atoms with E-state index >= 15 is 0 Å². The maximum absolute atomic E-state index is 7.90. The Hall–Kier alpha value is -1.88. The number of allylic oxidation sites excluding steroid dienone is 2. The molecule has 0 aliphatic rings. The second kappa shape index (κ2) is 7.16. The monoisotopic (exact) mass is 366 g/mol. The molecule has 0 unspecified atom stereocenters. The number of hydrogen-bond donors (Lipinski definition) is 0. The van der Waals surface area contributed by atoms with Crippen LogP contribution in [-0.2, 0) is 0 Å². The minimum absolute atomic E-state index is 0.813. The van der Waals surface area contributed by atoms with Crippen molar-refractivity contribution >= 4 is 33.1 Å². The predicted molar refractivity (Wildman–Crippen MR) is 115 cm³/mol. The third-order valence-electron chi connectivity index (χ3n) is 4.73. The van der Waals surface area contributed by atoms with Crippen molar-refractivity contribution in [3.05, 3.63) is 103 Å². The first kappa shape index (κ1) is 17.9. The molecule has 0 fully saturated rings. The summed E-state index contributed by atoms with van der Waals surface area (Å²) in [6, 6.07) is 31.8. The van der Waals surface area contributed by atoms with Crippen LogP contribution < -0.4 is 15.9 Å². The molecule has 0 aromatic heterocycles. The van der Waals surface area contributed by atoms with Crippen molar-refractivity contribution in [3.8, 4) is 0 Å². The van der Waals surface area contributed by atoms with Crippen LogP contribution in [0.3, 0.4) is 0 Å². The molecule has 0 bridgehead atoms. The van der Waals surface area contributed by atoms with Gasteiger partial charge in [-0.25, -0.2) is 0 Å². The van der Waals surface area contributed by atoms with Gasteiger partial charge in [0.1, 0.15) is 0 Å². The number of benzene rings is 3. The summed E-state index contributed by atoms with van der Waals surface area (Å²) in [5.74, 6) is -3.10. The van der Waals surface area contributed by atoms with Crippen LogP contribution in [-0.4, -0.2) is 6.16 Å². The van der Waals surface area contributed by atoms with Crippen molar-refractivity contribution in [2.75, 3.05) is 6.16 Å². The Morgan fingerprint density at radius 2 is 1.00 bits per heavy atom. The van der Waals surface area contributed by atoms with Gasteiger partial charge in [-0.3, -0.25) is 0 Å². The summed E-state index contributed by atoms with van der Waals surface area (Å²) >= 11 is 7.90. The van der Waals surface area contributed by atoms with Gasteiger partial charge < -0.3 is 0 Å². The summed E-state index contributed by atoms with van der Waals surface area (Å²) in [5.41, 5.74) is 1.29. The Bertz CT molecular complexity index is 751. The van der Waals surface area contributed by atoms with Crippen LogP contribution in [0.25, 0.3) is 0 Å². The molecule has 0 radical (unpaired) electrons. The molecule has 0 nitrogen and oxygen atoms in total. The SMILES string of the molecule is CC(C)=CCP(Cl)(c1ccccc1)(c1ccccc1)c1ccccc1. The van der Waals surface area contributed by atoms with Crippen LogP contribution in [0, 0.1) is 0 Å².